The maximum Gasteiger partial charge on any atom is 0.278 e. The minimum Gasteiger partial charge on any atom is -0.370 e. The molecule has 30 heavy (non-hydrogen) atoms. The van der Waals surface area contributed by atoms with Crippen LogP contribution in [0, 0.1) is 6.92 Å². The van der Waals surface area contributed by atoms with Gasteiger partial charge in [-0.2, -0.15) is 0 Å². The smallest absolute Gasteiger partial charge is 0.278 e. The molecule has 0 atom stereocenters. The largest absolute Gasteiger partial charge is 0.370 e. The summed E-state index contributed by atoms with van der Waals surface area (Å²) >= 11 is 0. The summed E-state index contributed by atoms with van der Waals surface area (Å²) in [6, 6.07) is 5.29. The fourth-order valence-electron chi connectivity index (χ4n) is 4.00. The Morgan fingerprint density at radius 3 is 2.87 bits per heavy atom. The van der Waals surface area contributed by atoms with Crippen LogP contribution in [0.2, 0.25) is 0 Å². The lowest BCUT2D eigenvalue weighted by Crippen LogP contribution is -3.14. The number of nitrogens with two attached hydrogens (primary N) is 1. The van der Waals surface area contributed by atoms with E-state index in [0.29, 0.717) is 29.0 Å². The number of aromatic nitrogens is 3. The fourth-order valence-corrected chi connectivity index (χ4v) is 4.00. The molecule has 4 rings (SSSR count). The predicted octanol–water partition coefficient (Wildman–Crippen LogP) is -1.31. The molecule has 0 radical (unpaired) electrons. The number of rotatable bonds is 5. The van der Waals surface area contributed by atoms with Gasteiger partial charge in [0.1, 0.15) is 24.0 Å². The zero-order valence-electron chi connectivity index (χ0n) is 17.4. The molecule has 9 heteroatoms. The van der Waals surface area contributed by atoms with Crippen LogP contribution >= 0.6 is 0 Å². The van der Waals surface area contributed by atoms with Crippen molar-refractivity contribution in [2.24, 2.45) is 0 Å². The molecule has 4 heterocycles. The average molecular weight is 412 g/mol. The first-order valence-electron chi connectivity index (χ1n) is 10.3. The third kappa shape index (κ3) is 3.73. The van der Waals surface area contributed by atoms with Crippen molar-refractivity contribution in [2.45, 2.75) is 19.9 Å². The number of nitrogen functional groups attached to an aromatic ring is 1. The van der Waals surface area contributed by atoms with Crippen LogP contribution in [-0.2, 0) is 11.3 Å². The molecule has 0 saturated carbocycles. The van der Waals surface area contributed by atoms with Crippen molar-refractivity contribution >= 4 is 28.4 Å². The Morgan fingerprint density at radius 1 is 1.37 bits per heavy atom. The molecule has 1 aliphatic heterocycles. The maximum atomic E-state index is 13.2. The molecule has 0 aliphatic carbocycles. The van der Waals surface area contributed by atoms with E-state index in [1.165, 1.54) is 9.30 Å². The molecule has 3 aromatic rings. The molecule has 158 valence electrons. The van der Waals surface area contributed by atoms with Crippen molar-refractivity contribution in [3.05, 3.63) is 45.9 Å². The lowest BCUT2D eigenvalue weighted by atomic mass is 10.1. The van der Waals surface area contributed by atoms with E-state index < -0.39 is 0 Å². The van der Waals surface area contributed by atoms with Gasteiger partial charge in [-0.15, -0.1) is 0 Å². The number of fused-ring (bicyclic) bond motifs is 2. The number of morpholine rings is 1. The molecule has 1 saturated heterocycles. The van der Waals surface area contributed by atoms with Crippen molar-refractivity contribution in [2.75, 3.05) is 45.6 Å². The first-order chi connectivity index (χ1) is 14.5. The molecule has 9 nitrogen and oxygen atoms in total. The summed E-state index contributed by atoms with van der Waals surface area (Å²) in [5.74, 6) is -0.00196. The SMILES string of the molecule is CNC(=O)c1cc2c(=O)n3cc(C)ccc3nc2[n+](CCC[NH+]2CCOCC2)c1N. The molecule has 0 spiro atoms. The van der Waals surface area contributed by atoms with Gasteiger partial charge in [0.2, 0.25) is 11.5 Å². The van der Waals surface area contributed by atoms with Gasteiger partial charge in [-0.3, -0.25) is 14.0 Å². The van der Waals surface area contributed by atoms with Crippen LogP contribution in [0.5, 0.6) is 0 Å². The second-order valence-corrected chi connectivity index (χ2v) is 7.73. The average Bonchev–Trinajstić information content (AvgIpc) is 2.76. The normalized spacial score (nSPS) is 15.0. The molecule has 4 N–H and O–H groups in total. The summed E-state index contributed by atoms with van der Waals surface area (Å²) in [5, 5.41) is 2.99. The van der Waals surface area contributed by atoms with Crippen molar-refractivity contribution in [1.29, 1.82) is 0 Å². The van der Waals surface area contributed by atoms with Crippen molar-refractivity contribution < 1.29 is 19.0 Å². The number of anilines is 1. The number of carbonyl (C=O) groups is 1. The lowest BCUT2D eigenvalue weighted by molar-refractivity contribution is -0.910. The molecule has 0 bridgehead atoms. The van der Waals surface area contributed by atoms with E-state index in [2.05, 4.69) is 5.32 Å². The number of hydrogen-bond acceptors (Lipinski definition) is 5. The van der Waals surface area contributed by atoms with E-state index in [4.69, 9.17) is 15.5 Å². The first kappa shape index (κ1) is 20.2. The van der Waals surface area contributed by atoms with Gasteiger partial charge in [-0.25, -0.2) is 4.57 Å². The Morgan fingerprint density at radius 2 is 2.13 bits per heavy atom. The van der Waals surface area contributed by atoms with E-state index in [1.54, 1.807) is 23.9 Å². The van der Waals surface area contributed by atoms with Gasteiger partial charge in [-0.05, 0) is 24.6 Å². The van der Waals surface area contributed by atoms with E-state index >= 15 is 0 Å². The Labute approximate surface area is 174 Å². The van der Waals surface area contributed by atoms with Crippen LogP contribution < -0.4 is 26.1 Å². The number of nitrogens with one attached hydrogen (secondary N) is 2. The summed E-state index contributed by atoms with van der Waals surface area (Å²) < 4.78 is 8.74. The number of pyridine rings is 2. The molecule has 0 unspecified atom stereocenters. The Hall–Kier alpha value is -3.04. The molecular weight excluding hydrogens is 384 g/mol. The molecule has 1 aliphatic rings. The van der Waals surface area contributed by atoms with Crippen LogP contribution in [0.15, 0.2) is 29.2 Å². The Kier molecular flexibility index (Phi) is 5.65. The highest BCUT2D eigenvalue weighted by atomic mass is 16.5. The van der Waals surface area contributed by atoms with Gasteiger partial charge in [0.05, 0.1) is 26.3 Å². The van der Waals surface area contributed by atoms with Gasteiger partial charge in [0, 0.05) is 19.7 Å². The molecule has 3 aromatic heterocycles. The number of aryl methyl sites for hydroxylation is 2. The minimum absolute atomic E-state index is 0.212. The number of quaternary nitrogens is 1. The summed E-state index contributed by atoms with van der Waals surface area (Å²) in [6.45, 7) is 7.00. The van der Waals surface area contributed by atoms with Gasteiger partial charge < -0.3 is 20.7 Å². The van der Waals surface area contributed by atoms with E-state index in [-0.39, 0.29) is 17.0 Å². The number of nitrogens with zero attached hydrogens (tertiary/aromatic N) is 3. The standard InChI is InChI=1S/C21H26N6O3/c1-14-4-5-17-24-19-16(21(29)27(17)13-14)12-15(20(28)23-2)18(22)26(19)7-3-6-25-8-10-30-11-9-25/h4-5,12-13,22H,3,6-11H2,1-2H3,(H,23,28)/p+2. The molecule has 0 aromatic carbocycles. The molecular formula is C21H28N6O3+2. The summed E-state index contributed by atoms with van der Waals surface area (Å²) in [7, 11) is 1.55. The predicted molar refractivity (Wildman–Crippen MR) is 113 cm³/mol. The summed E-state index contributed by atoms with van der Waals surface area (Å²) in [6.07, 6.45) is 2.61. The van der Waals surface area contributed by atoms with Gasteiger partial charge >= 0.3 is 0 Å². The molecule has 1 amide bonds. The first-order valence-corrected chi connectivity index (χ1v) is 10.3. The highest BCUT2D eigenvalue weighted by Crippen LogP contribution is 2.15. The quantitative estimate of drug-likeness (QED) is 0.356. The second kappa shape index (κ2) is 8.37. The van der Waals surface area contributed by atoms with Crippen LogP contribution in [0.3, 0.4) is 0 Å². The van der Waals surface area contributed by atoms with Crippen LogP contribution in [0.25, 0.3) is 16.7 Å². The zero-order valence-corrected chi connectivity index (χ0v) is 17.4. The van der Waals surface area contributed by atoms with Gasteiger partial charge in [0.15, 0.2) is 0 Å². The maximum absolute atomic E-state index is 13.2. The van der Waals surface area contributed by atoms with E-state index in [0.717, 1.165) is 44.8 Å². The zero-order chi connectivity index (χ0) is 21.3. The third-order valence-corrected chi connectivity index (χ3v) is 5.68. The number of ether oxygens (including phenoxy) is 1. The van der Waals surface area contributed by atoms with Crippen LogP contribution in [0.4, 0.5) is 5.82 Å². The fraction of sp³-hybridized carbons (Fsp3) is 0.429. The number of carbonyl (C=O) groups excluding carboxylic acids is 1. The molecule has 1 fully saturated rings. The van der Waals surface area contributed by atoms with E-state index in [1.807, 2.05) is 19.1 Å². The number of amides is 1. The third-order valence-electron chi connectivity index (χ3n) is 5.68. The second-order valence-electron chi connectivity index (χ2n) is 7.73. The monoisotopic (exact) mass is 412 g/mol. The topological polar surface area (TPSA) is 107 Å². The Balaban J connectivity index is 1.81. The number of hydrogen-bond donors (Lipinski definition) is 3. The minimum atomic E-state index is -0.323. The van der Waals surface area contributed by atoms with Crippen molar-refractivity contribution in [3.8, 4) is 0 Å². The summed E-state index contributed by atoms with van der Waals surface area (Å²) in [5.41, 5.74) is 8.48. The highest BCUT2D eigenvalue weighted by Gasteiger charge is 2.24. The summed E-state index contributed by atoms with van der Waals surface area (Å²) in [4.78, 5) is 31.8. The Bertz CT molecular complexity index is 1170. The lowest BCUT2D eigenvalue weighted by Gasteiger charge is -2.23. The van der Waals surface area contributed by atoms with Gasteiger partial charge in [-0.1, -0.05) is 11.1 Å². The van der Waals surface area contributed by atoms with Crippen LogP contribution in [0.1, 0.15) is 22.3 Å². The van der Waals surface area contributed by atoms with E-state index in [9.17, 15) is 9.59 Å². The van der Waals surface area contributed by atoms with Crippen molar-refractivity contribution in [1.82, 2.24) is 14.7 Å². The van der Waals surface area contributed by atoms with Crippen molar-refractivity contribution in [3.63, 3.8) is 0 Å². The van der Waals surface area contributed by atoms with Crippen LogP contribution in [-0.4, -0.2) is 55.2 Å². The highest BCUT2D eigenvalue weighted by molar-refractivity contribution is 6.00. The van der Waals surface area contributed by atoms with Gasteiger partial charge in [0.25, 0.3) is 17.1 Å².